The van der Waals surface area contributed by atoms with Gasteiger partial charge in [-0.15, -0.1) is 0 Å². The summed E-state index contributed by atoms with van der Waals surface area (Å²) in [4.78, 5) is 39.5. The normalized spacial score (nSPS) is 17.9. The number of hydrogen-bond donors (Lipinski definition) is 0. The summed E-state index contributed by atoms with van der Waals surface area (Å²) in [6.45, 7) is 0.754. The van der Waals surface area contributed by atoms with E-state index in [4.69, 9.17) is 11.6 Å². The van der Waals surface area contributed by atoms with E-state index in [0.29, 0.717) is 40.4 Å². The van der Waals surface area contributed by atoms with Gasteiger partial charge in [-0.1, -0.05) is 53.8 Å². The van der Waals surface area contributed by atoms with Crippen molar-refractivity contribution in [3.8, 4) is 11.8 Å². The molecule has 0 spiro atoms. The van der Waals surface area contributed by atoms with E-state index >= 15 is 0 Å². The van der Waals surface area contributed by atoms with Crippen LogP contribution in [0.4, 0.5) is 0 Å². The van der Waals surface area contributed by atoms with Gasteiger partial charge in [0, 0.05) is 65.2 Å². The van der Waals surface area contributed by atoms with Crippen molar-refractivity contribution in [3.63, 3.8) is 0 Å². The zero-order valence-electron chi connectivity index (χ0n) is 19.1. The number of benzene rings is 2. The average Bonchev–Trinajstić information content (AvgIpc) is 3.43. The molecule has 4 aromatic rings. The number of rotatable bonds is 2. The molecule has 2 aromatic carbocycles. The van der Waals surface area contributed by atoms with E-state index < -0.39 is 5.66 Å². The molecule has 1 fully saturated rings. The van der Waals surface area contributed by atoms with Crippen LogP contribution >= 0.6 is 11.6 Å². The van der Waals surface area contributed by atoms with Crippen molar-refractivity contribution in [3.05, 3.63) is 130 Å². The van der Waals surface area contributed by atoms with E-state index in [-0.39, 0.29) is 11.8 Å². The second-order valence-corrected chi connectivity index (χ2v) is 9.03. The molecule has 0 aliphatic carbocycles. The van der Waals surface area contributed by atoms with Crippen LogP contribution in [0.2, 0.25) is 5.02 Å². The highest BCUT2D eigenvalue weighted by Gasteiger charge is 2.59. The number of nitrogens with zero attached hydrogens (tertiary/aromatic N) is 4. The highest BCUT2D eigenvalue weighted by Crippen LogP contribution is 2.49. The molecule has 4 heterocycles. The van der Waals surface area contributed by atoms with E-state index in [1.54, 1.807) is 52.7 Å². The third-order valence-corrected chi connectivity index (χ3v) is 6.85. The standard InChI is InChI=1S/C29H19ClN4O2/c30-24-10-8-23(9-11-24)29-26-19-31-13-12-25(26)28(36)34(29)15-14-33(29)27(35)22-16-21(17-32-18-22)7-6-20-4-2-1-3-5-20/h1-5,8-13,16-19H,14-15H2. The van der Waals surface area contributed by atoms with Gasteiger partial charge in [0.2, 0.25) is 0 Å². The summed E-state index contributed by atoms with van der Waals surface area (Å²) in [5.74, 6) is 5.82. The Balaban J connectivity index is 1.45. The van der Waals surface area contributed by atoms with Crippen molar-refractivity contribution in [1.82, 2.24) is 19.8 Å². The van der Waals surface area contributed by atoms with Crippen LogP contribution < -0.4 is 0 Å². The van der Waals surface area contributed by atoms with E-state index in [9.17, 15) is 9.59 Å². The molecular formula is C29H19ClN4O2. The summed E-state index contributed by atoms with van der Waals surface area (Å²) >= 11 is 6.18. The molecule has 0 bridgehead atoms. The SMILES string of the molecule is O=C(c1cncc(C#Cc2ccccc2)c1)N1CCN2C(=O)c3ccncc3C12c1ccc(Cl)cc1. The Labute approximate surface area is 213 Å². The molecule has 174 valence electrons. The summed E-state index contributed by atoms with van der Waals surface area (Å²) < 4.78 is 0. The van der Waals surface area contributed by atoms with Crippen molar-refractivity contribution < 1.29 is 9.59 Å². The number of hydrogen-bond acceptors (Lipinski definition) is 4. The van der Waals surface area contributed by atoms with Gasteiger partial charge >= 0.3 is 0 Å². The molecule has 1 atom stereocenters. The molecule has 6 nitrogen and oxygen atoms in total. The third kappa shape index (κ3) is 3.36. The molecule has 2 aliphatic heterocycles. The fourth-order valence-electron chi connectivity index (χ4n) is 5.06. The molecular weight excluding hydrogens is 472 g/mol. The number of amides is 2. The lowest BCUT2D eigenvalue weighted by Gasteiger charge is -2.40. The van der Waals surface area contributed by atoms with Crippen LogP contribution in [0.15, 0.2) is 91.5 Å². The maximum absolute atomic E-state index is 14.0. The van der Waals surface area contributed by atoms with Gasteiger partial charge in [0.1, 0.15) is 0 Å². The van der Waals surface area contributed by atoms with Crippen LogP contribution in [-0.2, 0) is 5.66 Å². The summed E-state index contributed by atoms with van der Waals surface area (Å²) in [6.07, 6.45) is 6.44. The van der Waals surface area contributed by atoms with Gasteiger partial charge in [-0.25, -0.2) is 0 Å². The predicted molar refractivity (Wildman–Crippen MR) is 135 cm³/mol. The maximum atomic E-state index is 14.0. The number of aromatic nitrogens is 2. The molecule has 1 saturated heterocycles. The number of carbonyl (C=O) groups excluding carboxylic acids is 2. The van der Waals surface area contributed by atoms with Crippen LogP contribution in [-0.4, -0.2) is 44.7 Å². The molecule has 0 N–H and O–H groups in total. The Kier molecular flexibility index (Phi) is 5.28. The monoisotopic (exact) mass is 490 g/mol. The minimum atomic E-state index is -1.12. The fraction of sp³-hybridized carbons (Fsp3) is 0.103. The smallest absolute Gasteiger partial charge is 0.257 e. The summed E-state index contributed by atoms with van der Waals surface area (Å²) in [5.41, 5.74) is 2.77. The van der Waals surface area contributed by atoms with Crippen LogP contribution in [0.25, 0.3) is 0 Å². The number of fused-ring (bicyclic) bond motifs is 3. The maximum Gasteiger partial charge on any atom is 0.257 e. The van der Waals surface area contributed by atoms with E-state index in [2.05, 4.69) is 21.8 Å². The predicted octanol–water partition coefficient (Wildman–Crippen LogP) is 4.34. The minimum Gasteiger partial charge on any atom is -0.306 e. The first-order chi connectivity index (χ1) is 17.6. The van der Waals surface area contributed by atoms with Crippen LogP contribution in [0.1, 0.15) is 43.0 Å². The topological polar surface area (TPSA) is 66.4 Å². The third-order valence-electron chi connectivity index (χ3n) is 6.60. The molecule has 7 heteroatoms. The van der Waals surface area contributed by atoms with Gasteiger partial charge in [-0.05, 0) is 36.4 Å². The van der Waals surface area contributed by atoms with E-state index in [1.165, 1.54) is 6.20 Å². The molecule has 2 amide bonds. The number of halogens is 1. The second kappa shape index (κ2) is 8.63. The lowest BCUT2D eigenvalue weighted by atomic mass is 9.90. The van der Waals surface area contributed by atoms with Crippen molar-refractivity contribution >= 4 is 23.4 Å². The van der Waals surface area contributed by atoms with Gasteiger partial charge in [0.25, 0.3) is 11.8 Å². The molecule has 0 saturated carbocycles. The zero-order valence-corrected chi connectivity index (χ0v) is 19.8. The zero-order chi connectivity index (χ0) is 24.7. The van der Waals surface area contributed by atoms with Gasteiger partial charge in [-0.2, -0.15) is 0 Å². The summed E-state index contributed by atoms with van der Waals surface area (Å²) in [7, 11) is 0. The molecule has 1 unspecified atom stereocenters. The highest BCUT2D eigenvalue weighted by atomic mass is 35.5. The Morgan fingerprint density at radius 1 is 0.889 bits per heavy atom. The lowest BCUT2D eigenvalue weighted by molar-refractivity contribution is 0.0374. The van der Waals surface area contributed by atoms with Crippen molar-refractivity contribution in [1.29, 1.82) is 0 Å². The Hall–Kier alpha value is -4.47. The van der Waals surface area contributed by atoms with Gasteiger partial charge in [-0.3, -0.25) is 19.6 Å². The molecule has 2 aliphatic rings. The Bertz CT molecular complexity index is 1560. The van der Waals surface area contributed by atoms with Crippen molar-refractivity contribution in [2.24, 2.45) is 0 Å². The van der Waals surface area contributed by atoms with Crippen molar-refractivity contribution in [2.45, 2.75) is 5.66 Å². The lowest BCUT2D eigenvalue weighted by Crippen LogP contribution is -2.51. The van der Waals surface area contributed by atoms with Gasteiger partial charge in [0.05, 0.1) is 11.1 Å². The van der Waals surface area contributed by atoms with Crippen molar-refractivity contribution in [2.75, 3.05) is 13.1 Å². The summed E-state index contributed by atoms with van der Waals surface area (Å²) in [6, 6.07) is 20.3. The first kappa shape index (κ1) is 22.0. The van der Waals surface area contributed by atoms with Gasteiger partial charge < -0.3 is 9.80 Å². The van der Waals surface area contributed by atoms with Crippen LogP contribution in [0.5, 0.6) is 0 Å². The quantitative estimate of drug-likeness (QED) is 0.392. The minimum absolute atomic E-state index is 0.127. The summed E-state index contributed by atoms with van der Waals surface area (Å²) in [5, 5.41) is 0.571. The van der Waals surface area contributed by atoms with Crippen LogP contribution in [0.3, 0.4) is 0 Å². The first-order valence-electron chi connectivity index (χ1n) is 11.5. The fourth-order valence-corrected chi connectivity index (χ4v) is 5.18. The Morgan fingerprint density at radius 3 is 2.47 bits per heavy atom. The van der Waals surface area contributed by atoms with Gasteiger partial charge in [0.15, 0.2) is 5.66 Å². The number of carbonyl (C=O) groups is 2. The molecule has 0 radical (unpaired) electrons. The van der Waals surface area contributed by atoms with E-state index in [1.807, 2.05) is 42.5 Å². The molecule has 2 aromatic heterocycles. The molecule has 36 heavy (non-hydrogen) atoms. The largest absolute Gasteiger partial charge is 0.306 e. The first-order valence-corrected chi connectivity index (χ1v) is 11.8. The second-order valence-electron chi connectivity index (χ2n) is 8.59. The molecule has 6 rings (SSSR count). The Morgan fingerprint density at radius 2 is 1.67 bits per heavy atom. The number of pyridine rings is 2. The highest BCUT2D eigenvalue weighted by molar-refractivity contribution is 6.30. The average molecular weight is 491 g/mol. The van der Waals surface area contributed by atoms with Crippen LogP contribution in [0, 0.1) is 11.8 Å². The van der Waals surface area contributed by atoms with E-state index in [0.717, 1.165) is 11.1 Å².